The molecular weight excluding hydrogens is 337 g/mol. The van der Waals surface area contributed by atoms with E-state index in [0.29, 0.717) is 6.04 Å². The molecule has 0 heterocycles. The van der Waals surface area contributed by atoms with E-state index in [9.17, 15) is 0 Å². The molecule has 1 aliphatic rings. The molecule has 0 aliphatic heterocycles. The second kappa shape index (κ2) is 25.2. The Morgan fingerprint density at radius 2 is 1.57 bits per heavy atom. The van der Waals surface area contributed by atoms with Crippen molar-refractivity contribution in [2.24, 2.45) is 0 Å². The molecule has 21 heavy (non-hydrogen) atoms. The van der Waals surface area contributed by atoms with E-state index in [2.05, 4.69) is 48.0 Å². The first-order valence-electron chi connectivity index (χ1n) is 7.09. The van der Waals surface area contributed by atoms with Gasteiger partial charge in [0.25, 0.3) is 0 Å². The van der Waals surface area contributed by atoms with Crippen molar-refractivity contribution < 1.29 is 26.2 Å². The summed E-state index contributed by atoms with van der Waals surface area (Å²) in [4.78, 5) is 0. The van der Waals surface area contributed by atoms with Crippen LogP contribution in [0.3, 0.4) is 0 Å². The maximum absolute atomic E-state index is 4.45. The van der Waals surface area contributed by atoms with Crippen LogP contribution in [0.25, 0.3) is 16.0 Å². The number of hydrogen-bond acceptors (Lipinski definition) is 0. The third-order valence-electron chi connectivity index (χ3n) is 2.25. The first-order chi connectivity index (χ1) is 9.12. The molecule has 4 heteroatoms. The summed E-state index contributed by atoms with van der Waals surface area (Å²) < 4.78 is 0. The van der Waals surface area contributed by atoms with E-state index in [1.807, 2.05) is 0 Å². The van der Waals surface area contributed by atoms with E-state index in [1.54, 1.807) is 33.8 Å². The molecule has 0 spiro atoms. The Morgan fingerprint density at radius 1 is 1.05 bits per heavy atom. The molecule has 0 amide bonds. The Kier molecular flexibility index (Phi) is 35.1. The van der Waals surface area contributed by atoms with Gasteiger partial charge in [-0.1, -0.05) is 50.5 Å². The van der Waals surface area contributed by atoms with Crippen molar-refractivity contribution in [3.63, 3.8) is 0 Å². The molecule has 0 radical (unpaired) electrons. The van der Waals surface area contributed by atoms with Crippen LogP contribution in [-0.4, -0.2) is 40.8 Å². The van der Waals surface area contributed by atoms with Gasteiger partial charge in [0.1, 0.15) is 0 Å². The van der Waals surface area contributed by atoms with Crippen LogP contribution in [0.2, 0.25) is 0 Å². The molecule has 0 bridgehead atoms. The molecular formula is C17H35N3Zr. The van der Waals surface area contributed by atoms with E-state index in [0.717, 1.165) is 6.54 Å². The van der Waals surface area contributed by atoms with E-state index in [4.69, 9.17) is 0 Å². The first-order valence-corrected chi connectivity index (χ1v) is 7.09. The quantitative estimate of drug-likeness (QED) is 0.435. The Bertz CT molecular complexity index is 224. The van der Waals surface area contributed by atoms with Crippen molar-refractivity contribution in [2.45, 2.75) is 45.6 Å². The summed E-state index contributed by atoms with van der Waals surface area (Å²) in [7, 11) is 7.00. The Labute approximate surface area is 153 Å². The van der Waals surface area contributed by atoms with Crippen LogP contribution >= 0.6 is 0 Å². The molecule has 3 nitrogen and oxygen atoms in total. The predicted octanol–water partition coefficient (Wildman–Crippen LogP) is 5.51. The minimum Gasteiger partial charge on any atom is -0.668 e. The normalized spacial score (nSPS) is 11.3. The standard InChI is InChI=1S/C12H20N.2C2H6N.CH3.Zr/c1-11(2)13-10-6-5-9-12-7-3-4-8-12;2*1-3-2;;/h3-4,7,11H,5-6,8-10H2,1-2H3;2*1-2H3;1H3;/q4*-1;+4. The fraction of sp³-hybridized carbons (Fsp3) is 0.706. The Morgan fingerprint density at radius 3 is 1.95 bits per heavy atom. The zero-order chi connectivity index (χ0) is 14.9. The summed E-state index contributed by atoms with van der Waals surface area (Å²) in [6, 6.07) is 0.507. The third kappa shape index (κ3) is 29.0. The van der Waals surface area contributed by atoms with Crippen molar-refractivity contribution in [2.75, 3.05) is 34.7 Å². The zero-order valence-corrected chi connectivity index (χ0v) is 17.6. The smallest absolute Gasteiger partial charge is 0.668 e. The van der Waals surface area contributed by atoms with E-state index in [-0.39, 0.29) is 33.6 Å². The predicted molar refractivity (Wildman–Crippen MR) is 95.9 cm³/mol. The molecule has 0 N–H and O–H groups in total. The number of allylic oxidation sites excluding steroid dienone is 4. The van der Waals surface area contributed by atoms with Gasteiger partial charge in [-0.25, -0.2) is 0 Å². The molecule has 0 unspecified atom stereocenters. The number of nitrogens with zero attached hydrogens (tertiary/aromatic N) is 3. The van der Waals surface area contributed by atoms with Gasteiger partial charge >= 0.3 is 26.2 Å². The topological polar surface area (TPSA) is 42.3 Å². The van der Waals surface area contributed by atoms with Crippen molar-refractivity contribution in [1.29, 1.82) is 0 Å². The maximum atomic E-state index is 4.45. The second-order valence-corrected chi connectivity index (χ2v) is 4.81. The number of hydrogen-bond donors (Lipinski definition) is 0. The molecule has 0 aromatic carbocycles. The van der Waals surface area contributed by atoms with Gasteiger partial charge in [-0.15, -0.1) is 12.6 Å². The Balaban J connectivity index is -0.000000157. The third-order valence-corrected chi connectivity index (χ3v) is 2.25. The molecule has 0 saturated heterocycles. The van der Waals surface area contributed by atoms with Crippen molar-refractivity contribution in [3.8, 4) is 0 Å². The van der Waals surface area contributed by atoms with Gasteiger partial charge in [-0.3, -0.25) is 0 Å². The average molecular weight is 373 g/mol. The van der Waals surface area contributed by atoms with Crippen LogP contribution in [0.5, 0.6) is 0 Å². The van der Waals surface area contributed by atoms with Crippen molar-refractivity contribution >= 4 is 0 Å². The van der Waals surface area contributed by atoms with Crippen LogP contribution in [0.15, 0.2) is 23.8 Å². The SMILES string of the molecule is CC(C)[N-]CCCCC1=CC=CC1.C[N-]C.C[N-]C.[CH3-].[Zr+4]. The zero-order valence-electron chi connectivity index (χ0n) is 15.2. The summed E-state index contributed by atoms with van der Waals surface area (Å²) in [6.45, 7) is 5.32. The van der Waals surface area contributed by atoms with Crippen molar-refractivity contribution in [1.82, 2.24) is 0 Å². The number of unbranched alkanes of at least 4 members (excludes halogenated alkanes) is 1. The molecule has 0 fully saturated rings. The molecule has 0 atom stereocenters. The largest absolute Gasteiger partial charge is 4.00 e. The second-order valence-electron chi connectivity index (χ2n) is 4.81. The summed E-state index contributed by atoms with van der Waals surface area (Å²) >= 11 is 0. The van der Waals surface area contributed by atoms with Gasteiger partial charge in [0.2, 0.25) is 0 Å². The van der Waals surface area contributed by atoms with Gasteiger partial charge in [0.05, 0.1) is 0 Å². The molecule has 1 rings (SSSR count). The monoisotopic (exact) mass is 371 g/mol. The maximum Gasteiger partial charge on any atom is 4.00 e. The first kappa shape index (κ1) is 29.3. The minimum atomic E-state index is 0. The van der Waals surface area contributed by atoms with Crippen LogP contribution in [0.1, 0.15) is 39.5 Å². The molecule has 0 saturated carbocycles. The van der Waals surface area contributed by atoms with Gasteiger partial charge in [-0.2, -0.15) is 28.2 Å². The van der Waals surface area contributed by atoms with E-state index < -0.39 is 0 Å². The summed E-state index contributed by atoms with van der Waals surface area (Å²) in [6.07, 6.45) is 11.6. The molecule has 0 aromatic rings. The molecule has 1 aliphatic carbocycles. The average Bonchev–Trinajstić information content (AvgIpc) is 2.83. The summed E-state index contributed by atoms with van der Waals surface area (Å²) in [5.41, 5.74) is 1.59. The van der Waals surface area contributed by atoms with Crippen LogP contribution in [-0.2, 0) is 26.2 Å². The molecule has 0 aromatic heterocycles. The van der Waals surface area contributed by atoms with Crippen LogP contribution in [0.4, 0.5) is 0 Å². The van der Waals surface area contributed by atoms with Crippen LogP contribution in [0, 0.1) is 7.43 Å². The van der Waals surface area contributed by atoms with Gasteiger partial charge in [-0.05, 0) is 12.8 Å². The van der Waals surface area contributed by atoms with Crippen molar-refractivity contribution in [3.05, 3.63) is 47.2 Å². The summed E-state index contributed by atoms with van der Waals surface area (Å²) in [5, 5.41) is 11.5. The van der Waals surface area contributed by atoms with E-state index >= 15 is 0 Å². The number of rotatable bonds is 6. The fourth-order valence-electron chi connectivity index (χ4n) is 1.49. The van der Waals surface area contributed by atoms with Gasteiger partial charge in [0.15, 0.2) is 0 Å². The van der Waals surface area contributed by atoms with E-state index in [1.165, 1.54) is 25.7 Å². The molecule has 122 valence electrons. The minimum absolute atomic E-state index is 0. The van der Waals surface area contributed by atoms with Gasteiger partial charge in [0, 0.05) is 0 Å². The fourth-order valence-corrected chi connectivity index (χ4v) is 1.49. The summed E-state index contributed by atoms with van der Waals surface area (Å²) in [5.74, 6) is 0. The van der Waals surface area contributed by atoms with Gasteiger partial charge < -0.3 is 23.4 Å². The van der Waals surface area contributed by atoms with Crippen LogP contribution < -0.4 is 0 Å². The Hall–Kier alpha value is 0.243.